The van der Waals surface area contributed by atoms with Crippen molar-refractivity contribution in [3.05, 3.63) is 29.3 Å². The van der Waals surface area contributed by atoms with Crippen LogP contribution >= 0.6 is 11.8 Å². The summed E-state index contributed by atoms with van der Waals surface area (Å²) in [6.07, 6.45) is 2.02. The van der Waals surface area contributed by atoms with Gasteiger partial charge in [-0.1, -0.05) is 0 Å². The second-order valence-corrected chi connectivity index (χ2v) is 2.94. The molecule has 12 heavy (non-hydrogen) atoms. The zero-order valence-corrected chi connectivity index (χ0v) is 7.12. The predicted octanol–water partition coefficient (Wildman–Crippen LogP) is 2.50. The van der Waals surface area contributed by atoms with Gasteiger partial charge in [-0.2, -0.15) is 0 Å². The number of hydrogen-bond acceptors (Lipinski definition) is 2. The second-order valence-electron chi connectivity index (χ2n) is 2.10. The number of carbonyl (C=O) groups is 1. The zero-order chi connectivity index (χ0) is 9.14. The predicted molar refractivity (Wildman–Crippen MR) is 43.5 cm³/mol. The summed E-state index contributed by atoms with van der Waals surface area (Å²) >= 11 is 1.20. The SMILES string of the molecule is CSc1ccc(F)c(F)c1C=O. The van der Waals surface area contributed by atoms with E-state index in [9.17, 15) is 13.6 Å². The minimum atomic E-state index is -1.07. The molecular formula is C8H6F2OS. The van der Waals surface area contributed by atoms with E-state index in [1.165, 1.54) is 17.8 Å². The van der Waals surface area contributed by atoms with Crippen LogP contribution in [-0.2, 0) is 0 Å². The number of rotatable bonds is 2. The maximum Gasteiger partial charge on any atom is 0.170 e. The van der Waals surface area contributed by atoms with Crippen LogP contribution in [0.1, 0.15) is 10.4 Å². The molecule has 0 N–H and O–H groups in total. The van der Waals surface area contributed by atoms with Crippen molar-refractivity contribution in [3.63, 3.8) is 0 Å². The van der Waals surface area contributed by atoms with Crippen LogP contribution in [0.25, 0.3) is 0 Å². The average Bonchev–Trinajstić information content (AvgIpc) is 2.09. The fraction of sp³-hybridized carbons (Fsp3) is 0.125. The van der Waals surface area contributed by atoms with Crippen LogP contribution in [0.5, 0.6) is 0 Å². The Balaban J connectivity index is 3.35. The summed E-state index contributed by atoms with van der Waals surface area (Å²) in [4.78, 5) is 10.8. The lowest BCUT2D eigenvalue weighted by Crippen LogP contribution is -1.94. The molecule has 0 unspecified atom stereocenters. The fourth-order valence-electron chi connectivity index (χ4n) is 0.836. The standard InChI is InChI=1S/C8H6F2OS/c1-12-7-3-2-6(9)8(10)5(7)4-11/h2-4H,1H3. The Morgan fingerprint density at radius 3 is 2.58 bits per heavy atom. The van der Waals surface area contributed by atoms with Crippen LogP contribution in [-0.4, -0.2) is 12.5 Å². The Hall–Kier alpha value is -0.900. The molecule has 1 rings (SSSR count). The van der Waals surface area contributed by atoms with E-state index >= 15 is 0 Å². The van der Waals surface area contributed by atoms with Crippen molar-refractivity contribution >= 4 is 18.0 Å². The summed E-state index contributed by atoms with van der Waals surface area (Å²) in [5.41, 5.74) is -0.206. The lowest BCUT2D eigenvalue weighted by atomic mass is 10.2. The Morgan fingerprint density at radius 1 is 1.42 bits per heavy atom. The van der Waals surface area contributed by atoms with Gasteiger partial charge in [-0.15, -0.1) is 11.8 Å². The molecule has 0 aliphatic carbocycles. The highest BCUT2D eigenvalue weighted by Crippen LogP contribution is 2.22. The van der Waals surface area contributed by atoms with E-state index < -0.39 is 11.6 Å². The fourth-order valence-corrected chi connectivity index (χ4v) is 1.40. The summed E-state index contributed by atoms with van der Waals surface area (Å²) in [5.74, 6) is -2.06. The third-order valence-corrected chi connectivity index (χ3v) is 2.23. The van der Waals surface area contributed by atoms with Gasteiger partial charge < -0.3 is 0 Å². The Morgan fingerprint density at radius 2 is 2.08 bits per heavy atom. The lowest BCUT2D eigenvalue weighted by Gasteiger charge is -2.01. The second kappa shape index (κ2) is 3.67. The number of aldehydes is 1. The van der Waals surface area contributed by atoms with Crippen LogP contribution in [0.4, 0.5) is 8.78 Å². The molecule has 4 heteroatoms. The first-order valence-corrected chi connectivity index (χ1v) is 4.40. The van der Waals surface area contributed by atoms with Gasteiger partial charge in [0, 0.05) is 4.90 Å². The summed E-state index contributed by atoms with van der Waals surface area (Å²) in [5, 5.41) is 0. The van der Waals surface area contributed by atoms with Crippen LogP contribution in [0.3, 0.4) is 0 Å². The van der Waals surface area contributed by atoms with Gasteiger partial charge in [-0.3, -0.25) is 4.79 Å². The topological polar surface area (TPSA) is 17.1 Å². The van der Waals surface area contributed by atoms with Gasteiger partial charge in [0.25, 0.3) is 0 Å². The van der Waals surface area contributed by atoms with E-state index in [0.29, 0.717) is 11.2 Å². The molecule has 0 saturated heterocycles. The Kier molecular flexibility index (Phi) is 2.81. The molecule has 0 aliphatic rings. The van der Waals surface area contributed by atoms with E-state index in [1.807, 2.05) is 0 Å². The summed E-state index contributed by atoms with van der Waals surface area (Å²) in [6, 6.07) is 2.39. The van der Waals surface area contributed by atoms with Crippen molar-refractivity contribution in [2.45, 2.75) is 4.90 Å². The average molecular weight is 188 g/mol. The van der Waals surface area contributed by atoms with Crippen LogP contribution in [0.2, 0.25) is 0 Å². The van der Waals surface area contributed by atoms with Crippen molar-refractivity contribution in [2.75, 3.05) is 6.26 Å². The molecule has 0 atom stereocenters. The van der Waals surface area contributed by atoms with Gasteiger partial charge in [0.1, 0.15) is 0 Å². The molecular weight excluding hydrogens is 182 g/mol. The van der Waals surface area contributed by atoms with Crippen molar-refractivity contribution in [1.82, 2.24) is 0 Å². The van der Waals surface area contributed by atoms with Crippen molar-refractivity contribution in [1.29, 1.82) is 0 Å². The number of hydrogen-bond donors (Lipinski definition) is 0. The Labute approximate surface area is 72.8 Å². The smallest absolute Gasteiger partial charge is 0.170 e. The maximum atomic E-state index is 12.8. The largest absolute Gasteiger partial charge is 0.298 e. The van der Waals surface area contributed by atoms with Crippen molar-refractivity contribution < 1.29 is 13.6 Å². The van der Waals surface area contributed by atoms with Gasteiger partial charge in [-0.05, 0) is 18.4 Å². The number of carbonyl (C=O) groups excluding carboxylic acids is 1. The molecule has 0 saturated carbocycles. The van der Waals surface area contributed by atoms with Gasteiger partial charge in [0.2, 0.25) is 0 Å². The van der Waals surface area contributed by atoms with Gasteiger partial charge >= 0.3 is 0 Å². The lowest BCUT2D eigenvalue weighted by molar-refractivity contribution is 0.111. The zero-order valence-electron chi connectivity index (χ0n) is 6.30. The minimum Gasteiger partial charge on any atom is -0.298 e. The molecule has 0 aliphatic heterocycles. The minimum absolute atomic E-state index is 0.206. The third-order valence-electron chi connectivity index (χ3n) is 1.43. The highest BCUT2D eigenvalue weighted by Gasteiger charge is 2.11. The van der Waals surface area contributed by atoms with Crippen LogP contribution in [0, 0.1) is 11.6 Å². The number of halogens is 2. The van der Waals surface area contributed by atoms with Gasteiger partial charge in [0.15, 0.2) is 17.9 Å². The molecule has 1 aromatic carbocycles. The first-order valence-electron chi connectivity index (χ1n) is 3.18. The van der Waals surface area contributed by atoms with E-state index in [1.54, 1.807) is 6.26 Å². The van der Waals surface area contributed by atoms with Crippen LogP contribution < -0.4 is 0 Å². The summed E-state index contributed by atoms with van der Waals surface area (Å²) in [7, 11) is 0. The molecule has 0 amide bonds. The molecule has 0 radical (unpaired) electrons. The molecule has 64 valence electrons. The molecule has 0 bridgehead atoms. The normalized spacial score (nSPS) is 9.92. The van der Waals surface area contributed by atoms with Gasteiger partial charge in [-0.25, -0.2) is 8.78 Å². The van der Waals surface area contributed by atoms with Gasteiger partial charge in [0.05, 0.1) is 5.56 Å². The molecule has 0 heterocycles. The first-order chi connectivity index (χ1) is 5.70. The van der Waals surface area contributed by atoms with Crippen molar-refractivity contribution in [3.8, 4) is 0 Å². The van der Waals surface area contributed by atoms with E-state index in [2.05, 4.69) is 0 Å². The number of benzene rings is 1. The van der Waals surface area contributed by atoms with Crippen molar-refractivity contribution in [2.24, 2.45) is 0 Å². The van der Waals surface area contributed by atoms with E-state index in [4.69, 9.17) is 0 Å². The molecule has 0 aromatic heterocycles. The Bertz CT molecular complexity index is 312. The highest BCUT2D eigenvalue weighted by molar-refractivity contribution is 7.98. The molecule has 0 fully saturated rings. The molecule has 1 nitrogen and oxygen atoms in total. The maximum absolute atomic E-state index is 12.8. The highest BCUT2D eigenvalue weighted by atomic mass is 32.2. The molecule has 1 aromatic rings. The summed E-state index contributed by atoms with van der Waals surface area (Å²) in [6.45, 7) is 0. The summed E-state index contributed by atoms with van der Waals surface area (Å²) < 4.78 is 25.4. The van der Waals surface area contributed by atoms with Crippen LogP contribution in [0.15, 0.2) is 17.0 Å². The quantitative estimate of drug-likeness (QED) is 0.524. The monoisotopic (exact) mass is 188 g/mol. The van der Waals surface area contributed by atoms with E-state index in [-0.39, 0.29) is 5.56 Å². The van der Waals surface area contributed by atoms with E-state index in [0.717, 1.165) is 6.07 Å². The molecule has 0 spiro atoms. The first kappa shape index (κ1) is 9.19. The number of thioether (sulfide) groups is 1. The third kappa shape index (κ3) is 1.48.